The fourth-order valence-corrected chi connectivity index (χ4v) is 2.74. The van der Waals surface area contributed by atoms with Crippen LogP contribution < -0.4 is 5.73 Å². The first kappa shape index (κ1) is 19.6. The van der Waals surface area contributed by atoms with Crippen molar-refractivity contribution in [3.63, 3.8) is 0 Å². The van der Waals surface area contributed by atoms with E-state index in [1.165, 1.54) is 29.2 Å². The maximum absolute atomic E-state index is 12.8. The van der Waals surface area contributed by atoms with Crippen LogP contribution in [0.5, 0.6) is 0 Å². The van der Waals surface area contributed by atoms with Gasteiger partial charge < -0.3 is 15.4 Å². The predicted octanol–water partition coefficient (Wildman–Crippen LogP) is 1.06. The van der Waals surface area contributed by atoms with E-state index in [1.54, 1.807) is 0 Å². The molecule has 1 aromatic carbocycles. The molecule has 7 nitrogen and oxygen atoms in total. The van der Waals surface area contributed by atoms with Crippen LogP contribution in [0.3, 0.4) is 0 Å². The largest absolute Gasteiger partial charge is 0.456 e. The van der Waals surface area contributed by atoms with E-state index in [4.69, 9.17) is 10.5 Å². The molecule has 1 aliphatic heterocycles. The number of esters is 1. The van der Waals surface area contributed by atoms with Crippen molar-refractivity contribution < 1.29 is 28.3 Å². The monoisotopic (exact) mass is 364 g/mol. The Bertz CT molecular complexity index is 689. The summed E-state index contributed by atoms with van der Waals surface area (Å²) in [6.07, 6.45) is 1.05. The smallest absolute Gasteiger partial charge is 0.306 e. The number of amides is 2. The van der Waals surface area contributed by atoms with Gasteiger partial charge in [-0.15, -0.1) is 0 Å². The number of benzene rings is 1. The van der Waals surface area contributed by atoms with Crippen LogP contribution in [0.15, 0.2) is 24.3 Å². The lowest BCUT2D eigenvalue weighted by Gasteiger charge is -2.31. The number of carbonyl (C=O) groups is 4. The average molecular weight is 364 g/mol. The van der Waals surface area contributed by atoms with Crippen molar-refractivity contribution in [3.05, 3.63) is 35.6 Å². The van der Waals surface area contributed by atoms with Gasteiger partial charge in [0.1, 0.15) is 5.82 Å². The lowest BCUT2D eigenvalue weighted by molar-refractivity contribution is -0.153. The van der Waals surface area contributed by atoms with Crippen LogP contribution in [-0.2, 0) is 19.1 Å². The van der Waals surface area contributed by atoms with Crippen LogP contribution in [0.25, 0.3) is 0 Å². The first-order chi connectivity index (χ1) is 12.4. The number of piperidine rings is 1. The molecule has 8 heteroatoms. The van der Waals surface area contributed by atoms with E-state index in [9.17, 15) is 23.6 Å². The first-order valence-electron chi connectivity index (χ1n) is 8.38. The summed E-state index contributed by atoms with van der Waals surface area (Å²) in [6.45, 7) is 0.285. The zero-order valence-corrected chi connectivity index (χ0v) is 14.3. The number of nitrogens with zero attached hydrogens (tertiary/aromatic N) is 1. The van der Waals surface area contributed by atoms with Gasteiger partial charge in [0.15, 0.2) is 12.4 Å². The Kier molecular flexibility index (Phi) is 6.82. The lowest BCUT2D eigenvalue weighted by atomic mass is 9.97. The Hall–Kier alpha value is -2.77. The minimum absolute atomic E-state index is 0.0912. The highest BCUT2D eigenvalue weighted by Crippen LogP contribution is 2.16. The quantitative estimate of drug-likeness (QED) is 0.575. The summed E-state index contributed by atoms with van der Waals surface area (Å²) < 4.78 is 17.7. The van der Waals surface area contributed by atoms with Gasteiger partial charge in [0.25, 0.3) is 5.91 Å². The second-order valence-electron chi connectivity index (χ2n) is 6.17. The van der Waals surface area contributed by atoms with Gasteiger partial charge in [-0.2, -0.15) is 0 Å². The summed E-state index contributed by atoms with van der Waals surface area (Å²) in [7, 11) is 0. The highest BCUT2D eigenvalue weighted by molar-refractivity contribution is 5.97. The van der Waals surface area contributed by atoms with Gasteiger partial charge in [-0.3, -0.25) is 19.2 Å². The fraction of sp³-hybridized carbons (Fsp3) is 0.444. The second kappa shape index (κ2) is 9.07. The summed E-state index contributed by atoms with van der Waals surface area (Å²) in [6, 6.07) is 5.03. The van der Waals surface area contributed by atoms with E-state index in [1.807, 2.05) is 0 Å². The van der Waals surface area contributed by atoms with Crippen molar-refractivity contribution in [2.24, 2.45) is 11.7 Å². The number of hydrogen-bond donors (Lipinski definition) is 1. The number of Topliss-reactive ketones (excluding diaryl/α,β-unsaturated/α-hetero) is 1. The van der Waals surface area contributed by atoms with Crippen molar-refractivity contribution in [2.45, 2.75) is 25.7 Å². The molecule has 1 fully saturated rings. The van der Waals surface area contributed by atoms with Crippen molar-refractivity contribution in [2.75, 3.05) is 19.7 Å². The molecule has 0 radical (unpaired) electrons. The Morgan fingerprint density at radius 2 is 1.85 bits per heavy atom. The van der Waals surface area contributed by atoms with E-state index >= 15 is 0 Å². The first-order valence-corrected chi connectivity index (χ1v) is 8.38. The zero-order valence-electron chi connectivity index (χ0n) is 14.3. The van der Waals surface area contributed by atoms with Crippen molar-refractivity contribution in [3.8, 4) is 0 Å². The molecule has 0 saturated carbocycles. The van der Waals surface area contributed by atoms with Crippen LogP contribution in [0, 0.1) is 11.7 Å². The maximum atomic E-state index is 12.8. The molecule has 140 valence electrons. The van der Waals surface area contributed by atoms with Crippen LogP contribution in [0.4, 0.5) is 4.39 Å². The number of carbonyl (C=O) groups excluding carboxylic acids is 4. The normalized spacial score (nSPS) is 16.8. The molecule has 2 N–H and O–H groups in total. The molecule has 2 rings (SSSR count). The van der Waals surface area contributed by atoms with Crippen LogP contribution in [0.1, 0.15) is 36.0 Å². The SMILES string of the molecule is NC(=O)[C@H]1CCCN(C(=O)COC(=O)CCC(=O)c2ccc(F)cc2)C1. The molecule has 0 unspecified atom stereocenters. The Morgan fingerprint density at radius 3 is 2.50 bits per heavy atom. The Balaban J connectivity index is 1.72. The summed E-state index contributed by atoms with van der Waals surface area (Å²) in [4.78, 5) is 48.3. The number of likely N-dealkylation sites (tertiary alicyclic amines) is 1. The van der Waals surface area contributed by atoms with Crippen LogP contribution >= 0.6 is 0 Å². The number of primary amides is 1. The molecule has 0 aliphatic carbocycles. The third kappa shape index (κ3) is 5.65. The standard InChI is InChI=1S/C18H21FN2O5/c19-14-5-3-12(4-6-14)15(22)7-8-17(24)26-11-16(23)21-9-1-2-13(10-21)18(20)25/h3-6,13H,1-2,7-11H2,(H2,20,25)/t13-/m0/s1. The molecule has 1 saturated heterocycles. The third-order valence-electron chi connectivity index (χ3n) is 4.26. The van der Waals surface area contributed by atoms with Gasteiger partial charge in [0, 0.05) is 25.1 Å². The van der Waals surface area contributed by atoms with E-state index in [-0.39, 0.29) is 31.1 Å². The van der Waals surface area contributed by atoms with Gasteiger partial charge in [0.2, 0.25) is 5.91 Å². The average Bonchev–Trinajstić information content (AvgIpc) is 2.64. The van der Waals surface area contributed by atoms with Gasteiger partial charge in [-0.1, -0.05) is 0 Å². The maximum Gasteiger partial charge on any atom is 0.306 e. The topological polar surface area (TPSA) is 107 Å². The predicted molar refractivity (Wildman–Crippen MR) is 89.4 cm³/mol. The number of ether oxygens (including phenoxy) is 1. The molecular formula is C18H21FN2O5. The number of halogens is 1. The van der Waals surface area contributed by atoms with E-state index < -0.39 is 30.2 Å². The van der Waals surface area contributed by atoms with Crippen molar-refractivity contribution in [1.82, 2.24) is 4.90 Å². The highest BCUT2D eigenvalue weighted by atomic mass is 19.1. The highest BCUT2D eigenvalue weighted by Gasteiger charge is 2.27. The van der Waals surface area contributed by atoms with Crippen molar-refractivity contribution in [1.29, 1.82) is 0 Å². The van der Waals surface area contributed by atoms with Crippen LogP contribution in [-0.4, -0.2) is 48.2 Å². The van der Waals surface area contributed by atoms with E-state index in [0.717, 1.165) is 0 Å². The lowest BCUT2D eigenvalue weighted by Crippen LogP contribution is -2.45. The number of ketones is 1. The summed E-state index contributed by atoms with van der Waals surface area (Å²) in [5, 5.41) is 0. The molecule has 0 bridgehead atoms. The number of nitrogens with two attached hydrogens (primary N) is 1. The van der Waals surface area contributed by atoms with Gasteiger partial charge in [-0.25, -0.2) is 4.39 Å². The minimum Gasteiger partial charge on any atom is -0.456 e. The molecule has 0 aromatic heterocycles. The van der Waals surface area contributed by atoms with Gasteiger partial charge in [0.05, 0.1) is 12.3 Å². The zero-order chi connectivity index (χ0) is 19.1. The van der Waals surface area contributed by atoms with Crippen molar-refractivity contribution >= 4 is 23.6 Å². The number of hydrogen-bond acceptors (Lipinski definition) is 5. The van der Waals surface area contributed by atoms with Gasteiger partial charge in [-0.05, 0) is 37.1 Å². The molecule has 2 amide bonds. The molecule has 1 aromatic rings. The van der Waals surface area contributed by atoms with E-state index in [0.29, 0.717) is 24.9 Å². The van der Waals surface area contributed by atoms with Gasteiger partial charge >= 0.3 is 5.97 Å². The molecule has 1 aliphatic rings. The molecule has 1 heterocycles. The Morgan fingerprint density at radius 1 is 1.15 bits per heavy atom. The molecule has 1 atom stereocenters. The second-order valence-corrected chi connectivity index (χ2v) is 6.17. The molecule has 0 spiro atoms. The summed E-state index contributed by atoms with van der Waals surface area (Å²) >= 11 is 0. The van der Waals surface area contributed by atoms with E-state index in [2.05, 4.69) is 0 Å². The fourth-order valence-electron chi connectivity index (χ4n) is 2.74. The summed E-state index contributed by atoms with van der Waals surface area (Å²) in [5.41, 5.74) is 5.57. The minimum atomic E-state index is -0.669. The molecule has 26 heavy (non-hydrogen) atoms. The van der Waals surface area contributed by atoms with Crippen LogP contribution in [0.2, 0.25) is 0 Å². The number of rotatable bonds is 7. The third-order valence-corrected chi connectivity index (χ3v) is 4.26. The Labute approximate surface area is 150 Å². The molecular weight excluding hydrogens is 343 g/mol. The summed E-state index contributed by atoms with van der Waals surface area (Å²) in [5.74, 6) is -2.65.